The van der Waals surface area contributed by atoms with Crippen LogP contribution in [0.4, 0.5) is 0 Å². The summed E-state index contributed by atoms with van der Waals surface area (Å²) in [6.45, 7) is 3.78. The van der Waals surface area contributed by atoms with E-state index in [1.807, 2.05) is 22.8 Å². The fourth-order valence-electron chi connectivity index (χ4n) is 3.93. The molecule has 1 unspecified atom stereocenters. The number of carbonyl (C=O) groups excluding carboxylic acids is 1. The Morgan fingerprint density at radius 3 is 2.65 bits per heavy atom. The van der Waals surface area contributed by atoms with E-state index in [2.05, 4.69) is 12.0 Å². The minimum atomic E-state index is -1.02. The molecule has 3 rings (SSSR count). The van der Waals surface area contributed by atoms with Gasteiger partial charge in [-0.3, -0.25) is 9.48 Å². The van der Waals surface area contributed by atoms with E-state index < -0.39 is 5.97 Å². The summed E-state index contributed by atoms with van der Waals surface area (Å²) in [6, 6.07) is 3.79. The van der Waals surface area contributed by atoms with Crippen molar-refractivity contribution in [2.24, 2.45) is 5.92 Å². The van der Waals surface area contributed by atoms with Crippen molar-refractivity contribution in [1.29, 1.82) is 0 Å². The quantitative estimate of drug-likeness (QED) is 0.907. The van der Waals surface area contributed by atoms with Crippen molar-refractivity contribution in [2.75, 3.05) is 14.2 Å². The molecule has 1 fully saturated rings. The van der Waals surface area contributed by atoms with Crippen molar-refractivity contribution >= 4 is 22.8 Å². The average Bonchev–Trinajstić information content (AvgIpc) is 3.01. The van der Waals surface area contributed by atoms with Crippen LogP contribution in [0.1, 0.15) is 49.5 Å². The van der Waals surface area contributed by atoms with E-state index in [9.17, 15) is 14.7 Å². The molecule has 1 aromatic carbocycles. The summed E-state index contributed by atoms with van der Waals surface area (Å²) in [5.74, 6) is -0.239. The summed E-state index contributed by atoms with van der Waals surface area (Å²) in [6.07, 6.45) is 4.71. The number of amides is 1. The van der Waals surface area contributed by atoms with Crippen LogP contribution >= 0.6 is 0 Å². The molecule has 0 saturated heterocycles. The van der Waals surface area contributed by atoms with E-state index in [0.717, 1.165) is 30.2 Å². The van der Waals surface area contributed by atoms with Gasteiger partial charge in [0.1, 0.15) is 11.3 Å². The maximum atomic E-state index is 11.6. The molecule has 7 heteroatoms. The number of fused-ring (bicyclic) bond motifs is 1. The Hall–Kier alpha value is -2.57. The van der Waals surface area contributed by atoms with Crippen molar-refractivity contribution < 1.29 is 19.4 Å². The highest BCUT2D eigenvalue weighted by Crippen LogP contribution is 2.36. The van der Waals surface area contributed by atoms with Crippen LogP contribution in [-0.2, 0) is 4.79 Å². The molecule has 2 aromatic rings. The molecule has 140 valence electrons. The lowest BCUT2D eigenvalue weighted by Gasteiger charge is -2.38. The fourth-order valence-corrected chi connectivity index (χ4v) is 3.93. The van der Waals surface area contributed by atoms with Crippen LogP contribution in [0.15, 0.2) is 18.3 Å². The predicted octanol–water partition coefficient (Wildman–Crippen LogP) is 2.95. The lowest BCUT2D eigenvalue weighted by molar-refractivity contribution is -0.130. The van der Waals surface area contributed by atoms with Crippen molar-refractivity contribution in [2.45, 2.75) is 45.2 Å². The molecule has 1 heterocycles. The molecule has 1 aromatic heterocycles. The van der Waals surface area contributed by atoms with Crippen molar-refractivity contribution in [3.05, 3.63) is 23.9 Å². The van der Waals surface area contributed by atoms with Gasteiger partial charge in [-0.05, 0) is 31.2 Å². The zero-order chi connectivity index (χ0) is 19.0. The SMILES string of the molecule is COc1cc2nn([C@@H]3CCC(N(C)C(C)=O)C[C@H]3C)cc2cc1C(=O)O. The fraction of sp³-hybridized carbons (Fsp3) is 0.526. The highest BCUT2D eigenvalue weighted by molar-refractivity contribution is 5.96. The Bertz CT molecular complexity index is 845. The highest BCUT2D eigenvalue weighted by Gasteiger charge is 2.32. The van der Waals surface area contributed by atoms with Gasteiger partial charge in [0, 0.05) is 37.7 Å². The molecule has 1 amide bonds. The number of aromatic carboxylic acids is 1. The number of aromatic nitrogens is 2. The van der Waals surface area contributed by atoms with Gasteiger partial charge < -0.3 is 14.7 Å². The molecule has 7 nitrogen and oxygen atoms in total. The van der Waals surface area contributed by atoms with Crippen LogP contribution in [0.3, 0.4) is 0 Å². The van der Waals surface area contributed by atoms with Crippen LogP contribution in [0.2, 0.25) is 0 Å². The van der Waals surface area contributed by atoms with Crippen molar-refractivity contribution in [3.8, 4) is 5.75 Å². The van der Waals surface area contributed by atoms with E-state index in [0.29, 0.717) is 11.7 Å². The van der Waals surface area contributed by atoms with Crippen LogP contribution in [0.5, 0.6) is 5.75 Å². The Morgan fingerprint density at radius 1 is 1.35 bits per heavy atom. The zero-order valence-electron chi connectivity index (χ0n) is 15.6. The third kappa shape index (κ3) is 3.25. The third-order valence-electron chi connectivity index (χ3n) is 5.55. The average molecular weight is 359 g/mol. The Kier molecular flexibility index (Phi) is 4.89. The second kappa shape index (κ2) is 6.97. The van der Waals surface area contributed by atoms with Crippen LogP contribution < -0.4 is 4.74 Å². The first-order valence-electron chi connectivity index (χ1n) is 8.85. The lowest BCUT2D eigenvalue weighted by Crippen LogP contribution is -2.41. The monoisotopic (exact) mass is 359 g/mol. The molecule has 0 aliphatic heterocycles. The van der Waals surface area contributed by atoms with E-state index in [4.69, 9.17) is 4.74 Å². The molecule has 3 atom stereocenters. The first-order valence-corrected chi connectivity index (χ1v) is 8.85. The molecule has 1 N–H and O–H groups in total. The van der Waals surface area contributed by atoms with Crippen molar-refractivity contribution in [3.63, 3.8) is 0 Å². The van der Waals surface area contributed by atoms with Gasteiger partial charge in [-0.15, -0.1) is 0 Å². The van der Waals surface area contributed by atoms with Crippen LogP contribution in [-0.4, -0.2) is 51.9 Å². The number of hydrogen-bond donors (Lipinski definition) is 1. The van der Waals surface area contributed by atoms with E-state index in [1.165, 1.54) is 7.11 Å². The van der Waals surface area contributed by atoms with E-state index in [-0.39, 0.29) is 23.6 Å². The molecule has 0 spiro atoms. The normalized spacial score (nSPS) is 23.0. The maximum Gasteiger partial charge on any atom is 0.339 e. The van der Waals surface area contributed by atoms with Gasteiger partial charge in [-0.2, -0.15) is 5.10 Å². The Balaban J connectivity index is 1.87. The summed E-state index contributed by atoms with van der Waals surface area (Å²) in [5, 5.41) is 14.8. The van der Waals surface area contributed by atoms with Crippen LogP contribution in [0.25, 0.3) is 10.9 Å². The van der Waals surface area contributed by atoms with Gasteiger partial charge in [0.2, 0.25) is 5.91 Å². The third-order valence-corrected chi connectivity index (χ3v) is 5.55. The molecular weight excluding hydrogens is 334 g/mol. The van der Waals surface area contributed by atoms with Crippen molar-refractivity contribution in [1.82, 2.24) is 14.7 Å². The summed E-state index contributed by atoms with van der Waals surface area (Å²) < 4.78 is 7.13. The Labute approximate surface area is 152 Å². The predicted molar refractivity (Wildman–Crippen MR) is 97.5 cm³/mol. The number of ether oxygens (including phenoxy) is 1. The largest absolute Gasteiger partial charge is 0.496 e. The standard InChI is InChI=1S/C19H25N3O4/c1-11-7-14(21(3)12(2)23)5-6-17(11)22-10-13-8-15(19(24)25)18(26-4)9-16(13)20-22/h8-11,14,17H,5-7H2,1-4H3,(H,24,25)/t11-,14?,17-/m1/s1. The number of nitrogens with zero attached hydrogens (tertiary/aromatic N) is 3. The maximum absolute atomic E-state index is 11.6. The number of benzene rings is 1. The van der Waals surface area contributed by atoms with Gasteiger partial charge in [-0.25, -0.2) is 4.79 Å². The number of carbonyl (C=O) groups is 2. The second-order valence-electron chi connectivity index (χ2n) is 7.17. The second-order valence-corrected chi connectivity index (χ2v) is 7.17. The van der Waals surface area contributed by atoms with Gasteiger partial charge in [0.25, 0.3) is 0 Å². The minimum absolute atomic E-state index is 0.0961. The zero-order valence-corrected chi connectivity index (χ0v) is 15.6. The molecule has 1 aliphatic carbocycles. The number of hydrogen-bond acceptors (Lipinski definition) is 4. The van der Waals surface area contributed by atoms with Gasteiger partial charge in [-0.1, -0.05) is 6.92 Å². The highest BCUT2D eigenvalue weighted by atomic mass is 16.5. The Morgan fingerprint density at radius 2 is 2.08 bits per heavy atom. The summed E-state index contributed by atoms with van der Waals surface area (Å²) >= 11 is 0. The first-order chi connectivity index (χ1) is 12.3. The minimum Gasteiger partial charge on any atom is -0.496 e. The lowest BCUT2D eigenvalue weighted by atomic mass is 9.82. The van der Waals surface area contributed by atoms with Gasteiger partial charge in [0.15, 0.2) is 0 Å². The number of rotatable bonds is 4. The summed E-state index contributed by atoms with van der Waals surface area (Å²) in [4.78, 5) is 24.8. The number of carboxylic acid groups (broad SMARTS) is 1. The number of carboxylic acids is 1. The number of methoxy groups -OCH3 is 1. The summed E-state index contributed by atoms with van der Waals surface area (Å²) in [5.41, 5.74) is 0.862. The molecular formula is C19H25N3O4. The smallest absolute Gasteiger partial charge is 0.339 e. The molecule has 1 saturated carbocycles. The van der Waals surface area contributed by atoms with Gasteiger partial charge in [0.05, 0.1) is 18.7 Å². The molecule has 0 bridgehead atoms. The van der Waals surface area contributed by atoms with Gasteiger partial charge >= 0.3 is 5.97 Å². The topological polar surface area (TPSA) is 84.7 Å². The van der Waals surface area contributed by atoms with E-state index >= 15 is 0 Å². The van der Waals surface area contributed by atoms with Crippen LogP contribution in [0, 0.1) is 5.92 Å². The first kappa shape index (κ1) is 18.2. The molecule has 1 aliphatic rings. The molecule has 0 radical (unpaired) electrons. The van der Waals surface area contributed by atoms with E-state index in [1.54, 1.807) is 19.1 Å². The summed E-state index contributed by atoms with van der Waals surface area (Å²) in [7, 11) is 3.32. The molecule has 26 heavy (non-hydrogen) atoms.